The Bertz CT molecular complexity index is 1350. The lowest BCUT2D eigenvalue weighted by molar-refractivity contribution is -0.0564. The van der Waals surface area contributed by atoms with Crippen molar-refractivity contribution in [2.75, 3.05) is 26.7 Å². The van der Waals surface area contributed by atoms with E-state index < -0.39 is 17.5 Å². The van der Waals surface area contributed by atoms with Gasteiger partial charge < -0.3 is 25.7 Å². The Hall–Kier alpha value is -3.75. The number of aliphatic hydroxyl groups is 1. The largest absolute Gasteiger partial charge is 0.465 e. The molecule has 3 aromatic rings. The molecule has 1 heterocycles. The van der Waals surface area contributed by atoms with Crippen molar-refractivity contribution in [3.05, 3.63) is 94.8 Å². The molecule has 1 fully saturated rings. The van der Waals surface area contributed by atoms with Crippen molar-refractivity contribution < 1.29 is 24.2 Å². The van der Waals surface area contributed by atoms with Gasteiger partial charge in [0.2, 0.25) is 0 Å². The Balaban J connectivity index is 1.69. The molecule has 4 N–H and O–H groups in total. The van der Waals surface area contributed by atoms with E-state index in [1.807, 2.05) is 62.5 Å². The van der Waals surface area contributed by atoms with Gasteiger partial charge in [0.05, 0.1) is 5.60 Å². The molecule has 0 spiro atoms. The normalized spacial score (nSPS) is 16.7. The summed E-state index contributed by atoms with van der Waals surface area (Å²) in [6.45, 7) is 3.78. The van der Waals surface area contributed by atoms with Crippen LogP contribution in [0.5, 0.6) is 0 Å². The zero-order chi connectivity index (χ0) is 29.4. The van der Waals surface area contributed by atoms with Crippen LogP contribution in [0.3, 0.4) is 0 Å². The molecule has 2 amide bonds. The van der Waals surface area contributed by atoms with Crippen LogP contribution < -0.4 is 10.6 Å². The Morgan fingerprint density at radius 1 is 1.07 bits per heavy atom. The number of halogens is 1. The van der Waals surface area contributed by atoms with Crippen molar-refractivity contribution in [1.82, 2.24) is 15.5 Å². The number of benzene rings is 3. The van der Waals surface area contributed by atoms with Gasteiger partial charge in [0.15, 0.2) is 0 Å². The average molecular weight is 562 g/mol. The van der Waals surface area contributed by atoms with Gasteiger partial charge in [-0.3, -0.25) is 4.79 Å². The number of carbonyl (C=O) groups excluding carboxylic acids is 1. The van der Waals surface area contributed by atoms with Gasteiger partial charge in [0.1, 0.15) is 5.82 Å². The first-order valence-electron chi connectivity index (χ1n) is 14.4. The molecule has 0 saturated carbocycles. The van der Waals surface area contributed by atoms with E-state index in [-0.39, 0.29) is 24.8 Å². The molecule has 2 atom stereocenters. The van der Waals surface area contributed by atoms with Gasteiger partial charge in [0, 0.05) is 43.2 Å². The molecule has 7 nitrogen and oxygen atoms in total. The van der Waals surface area contributed by atoms with Crippen LogP contribution in [0.25, 0.3) is 11.1 Å². The summed E-state index contributed by atoms with van der Waals surface area (Å²) < 4.78 is 15.6. The Kier molecular flexibility index (Phi) is 10.1. The molecular weight excluding hydrogens is 521 g/mol. The van der Waals surface area contributed by atoms with Crippen LogP contribution in [0.15, 0.2) is 66.7 Å². The summed E-state index contributed by atoms with van der Waals surface area (Å²) in [5, 5.41) is 27.1. The number of nitrogens with zero attached hydrogens (tertiary/aromatic N) is 1. The summed E-state index contributed by atoms with van der Waals surface area (Å²) in [5.74, 6) is -0.901. The smallest absolute Gasteiger partial charge is 0.404 e. The van der Waals surface area contributed by atoms with Crippen LogP contribution in [-0.2, 0) is 18.6 Å². The van der Waals surface area contributed by atoms with Crippen LogP contribution in [0.1, 0.15) is 59.7 Å². The van der Waals surface area contributed by atoms with Gasteiger partial charge in [-0.2, -0.15) is 0 Å². The summed E-state index contributed by atoms with van der Waals surface area (Å²) in [7, 11) is 1.87. The molecule has 0 aliphatic carbocycles. The lowest BCUT2D eigenvalue weighted by atomic mass is 9.72. The second-order valence-electron chi connectivity index (χ2n) is 10.8. The summed E-state index contributed by atoms with van der Waals surface area (Å²) >= 11 is 0. The van der Waals surface area contributed by atoms with E-state index in [1.165, 1.54) is 6.07 Å². The maximum atomic E-state index is 15.6. The molecule has 0 radical (unpaired) electrons. The first-order chi connectivity index (χ1) is 19.8. The molecule has 0 aromatic heterocycles. The van der Waals surface area contributed by atoms with Crippen molar-refractivity contribution in [1.29, 1.82) is 0 Å². The van der Waals surface area contributed by atoms with Crippen LogP contribution in [-0.4, -0.2) is 53.8 Å². The quantitative estimate of drug-likeness (QED) is 0.230. The zero-order valence-corrected chi connectivity index (χ0v) is 23.8. The number of piperidine rings is 1. The number of nitrogens with one attached hydrogen (secondary N) is 2. The monoisotopic (exact) mass is 561 g/mol. The number of hydrogen-bond acceptors (Lipinski definition) is 4. The third-order valence-electron chi connectivity index (χ3n) is 8.08. The summed E-state index contributed by atoms with van der Waals surface area (Å²) in [5.41, 5.74) is 2.73. The molecule has 1 unspecified atom stereocenters. The molecule has 3 aromatic carbocycles. The highest BCUT2D eigenvalue weighted by molar-refractivity contribution is 5.94. The maximum absolute atomic E-state index is 15.6. The minimum Gasteiger partial charge on any atom is -0.465 e. The molecule has 8 heteroatoms. The fourth-order valence-corrected chi connectivity index (χ4v) is 5.94. The number of aryl methyl sites for hydroxylation is 1. The highest BCUT2D eigenvalue weighted by Crippen LogP contribution is 2.44. The fraction of sp³-hybridized carbons (Fsp3) is 0.394. The average Bonchev–Trinajstić information content (AvgIpc) is 2.99. The number of amides is 2. The van der Waals surface area contributed by atoms with E-state index in [2.05, 4.69) is 10.6 Å². The second-order valence-corrected chi connectivity index (χ2v) is 10.8. The Morgan fingerprint density at radius 2 is 1.83 bits per heavy atom. The van der Waals surface area contributed by atoms with Crippen LogP contribution >= 0.6 is 0 Å². The van der Waals surface area contributed by atoms with Gasteiger partial charge in [-0.25, -0.2) is 9.18 Å². The van der Waals surface area contributed by atoms with Crippen molar-refractivity contribution in [2.45, 2.75) is 51.2 Å². The Morgan fingerprint density at radius 3 is 2.54 bits per heavy atom. The molecule has 4 rings (SSSR count). The molecule has 1 aliphatic rings. The molecule has 0 bridgehead atoms. The number of carboxylic acid groups (broad SMARTS) is 1. The minimum absolute atomic E-state index is 0.101. The van der Waals surface area contributed by atoms with Crippen LogP contribution in [0, 0.1) is 11.7 Å². The number of hydrogen-bond donors (Lipinski definition) is 4. The third kappa shape index (κ3) is 7.13. The van der Waals surface area contributed by atoms with E-state index in [9.17, 15) is 14.7 Å². The molecular formula is C33H40FN3O4. The van der Waals surface area contributed by atoms with E-state index in [0.717, 1.165) is 17.5 Å². The first-order valence-corrected chi connectivity index (χ1v) is 14.4. The number of carbonyl (C=O) groups is 2. The van der Waals surface area contributed by atoms with Crippen molar-refractivity contribution in [2.24, 2.45) is 5.92 Å². The molecule has 41 heavy (non-hydrogen) atoms. The topological polar surface area (TPSA) is 102 Å². The van der Waals surface area contributed by atoms with E-state index in [4.69, 9.17) is 5.11 Å². The number of likely N-dealkylation sites (tertiary alicyclic amines) is 1. The standard InChI is InChI=1S/C33H40FN3O4/c1-3-23-8-4-9-26(20-23)30-28(11-5-12-29(30)34)33(41,17-7-18-36-32(39)40)27-10-6-19-37(22-27)31(38)25-15-13-24(14-16-25)21-35-2/h4-5,8-9,11-16,20,27,35-36,41H,3,6-7,10,17-19,21-22H2,1-2H3,(H,39,40)/t27-,33?/m1/s1. The zero-order valence-electron chi connectivity index (χ0n) is 23.8. The van der Waals surface area contributed by atoms with Crippen molar-refractivity contribution in [3.63, 3.8) is 0 Å². The molecule has 218 valence electrons. The molecule has 1 aliphatic heterocycles. The highest BCUT2D eigenvalue weighted by atomic mass is 19.1. The predicted octanol–water partition coefficient (Wildman–Crippen LogP) is 5.56. The van der Waals surface area contributed by atoms with Gasteiger partial charge in [-0.05, 0) is 79.6 Å². The second kappa shape index (κ2) is 13.7. The van der Waals surface area contributed by atoms with Gasteiger partial charge in [-0.1, -0.05) is 55.5 Å². The summed E-state index contributed by atoms with van der Waals surface area (Å²) in [4.78, 5) is 26.4. The number of rotatable bonds is 11. The summed E-state index contributed by atoms with van der Waals surface area (Å²) in [6.07, 6.45) is 1.57. The van der Waals surface area contributed by atoms with Crippen LogP contribution in [0.4, 0.5) is 9.18 Å². The van der Waals surface area contributed by atoms with Crippen LogP contribution in [0.2, 0.25) is 0 Å². The lowest BCUT2D eigenvalue weighted by Crippen LogP contribution is -2.48. The molecule has 1 saturated heterocycles. The highest BCUT2D eigenvalue weighted by Gasteiger charge is 2.43. The first kappa shape index (κ1) is 30.2. The van der Waals surface area contributed by atoms with E-state index in [1.54, 1.807) is 17.0 Å². The third-order valence-corrected chi connectivity index (χ3v) is 8.08. The van der Waals surface area contributed by atoms with Crippen molar-refractivity contribution >= 4 is 12.0 Å². The van der Waals surface area contributed by atoms with Crippen molar-refractivity contribution in [3.8, 4) is 11.1 Å². The van der Waals surface area contributed by atoms with Gasteiger partial charge >= 0.3 is 6.09 Å². The van der Waals surface area contributed by atoms with E-state index >= 15 is 4.39 Å². The SMILES string of the molecule is CCc1cccc(-c2c(F)cccc2C(O)(CCCNC(=O)O)[C@@H]2CCCN(C(=O)c3ccc(CNC)cc3)C2)c1. The summed E-state index contributed by atoms with van der Waals surface area (Å²) in [6, 6.07) is 20.0. The van der Waals surface area contributed by atoms with E-state index in [0.29, 0.717) is 61.2 Å². The lowest BCUT2D eigenvalue weighted by Gasteiger charge is -2.43. The van der Waals surface area contributed by atoms with Gasteiger partial charge in [0.25, 0.3) is 5.91 Å². The predicted molar refractivity (Wildman–Crippen MR) is 158 cm³/mol. The maximum Gasteiger partial charge on any atom is 0.404 e. The Labute approximate surface area is 241 Å². The fourth-order valence-electron chi connectivity index (χ4n) is 5.94. The van der Waals surface area contributed by atoms with Gasteiger partial charge in [-0.15, -0.1) is 0 Å². The minimum atomic E-state index is -1.49.